The molecule has 0 radical (unpaired) electrons. The van der Waals surface area contributed by atoms with Crippen LogP contribution < -0.4 is 11.1 Å². The van der Waals surface area contributed by atoms with Gasteiger partial charge in [0.1, 0.15) is 0 Å². The Kier molecular flexibility index (Phi) is 3.43. The average Bonchev–Trinajstić information content (AvgIpc) is 2.72. The van der Waals surface area contributed by atoms with Crippen LogP contribution >= 0.6 is 0 Å². The number of carbonyl (C=O) groups excluding carboxylic acids is 1. The molecule has 0 unspecified atom stereocenters. The molecule has 1 aromatic heterocycles. The molecule has 0 atom stereocenters. The van der Waals surface area contributed by atoms with Gasteiger partial charge < -0.3 is 11.1 Å². The minimum atomic E-state index is -0.362. The SMILES string of the molecule is CC1CC(CN)(C(=O)Nc2cnn(C(C)C)c2)C1. The molecule has 1 fully saturated rings. The number of carbonyl (C=O) groups is 1. The van der Waals surface area contributed by atoms with Crippen molar-refractivity contribution in [2.75, 3.05) is 11.9 Å². The largest absolute Gasteiger partial charge is 0.329 e. The van der Waals surface area contributed by atoms with Gasteiger partial charge in [0.15, 0.2) is 0 Å². The fourth-order valence-electron chi connectivity index (χ4n) is 2.67. The molecule has 100 valence electrons. The third-order valence-electron chi connectivity index (χ3n) is 3.74. The summed E-state index contributed by atoms with van der Waals surface area (Å²) in [6.07, 6.45) is 5.31. The van der Waals surface area contributed by atoms with E-state index in [9.17, 15) is 4.79 Å². The molecule has 3 N–H and O–H groups in total. The van der Waals surface area contributed by atoms with Gasteiger partial charge in [0.05, 0.1) is 17.3 Å². The molecule has 0 saturated heterocycles. The Morgan fingerprint density at radius 3 is 2.78 bits per heavy atom. The molecule has 0 bridgehead atoms. The summed E-state index contributed by atoms with van der Waals surface area (Å²) in [5.41, 5.74) is 6.15. The minimum Gasteiger partial charge on any atom is -0.329 e. The van der Waals surface area contributed by atoms with Crippen LogP contribution in [0.3, 0.4) is 0 Å². The number of anilines is 1. The Morgan fingerprint density at radius 2 is 2.33 bits per heavy atom. The van der Waals surface area contributed by atoms with Crippen molar-refractivity contribution >= 4 is 11.6 Å². The first-order chi connectivity index (χ1) is 8.47. The monoisotopic (exact) mass is 250 g/mol. The topological polar surface area (TPSA) is 72.9 Å². The van der Waals surface area contributed by atoms with E-state index in [0.29, 0.717) is 18.5 Å². The number of amides is 1. The van der Waals surface area contributed by atoms with Crippen LogP contribution in [0.1, 0.15) is 39.7 Å². The number of hydrogen-bond acceptors (Lipinski definition) is 3. The molecule has 1 amide bonds. The van der Waals surface area contributed by atoms with Crippen molar-refractivity contribution in [3.63, 3.8) is 0 Å². The van der Waals surface area contributed by atoms with E-state index in [1.54, 1.807) is 6.20 Å². The van der Waals surface area contributed by atoms with Crippen LogP contribution in [0.25, 0.3) is 0 Å². The first-order valence-electron chi connectivity index (χ1n) is 6.52. The van der Waals surface area contributed by atoms with Gasteiger partial charge >= 0.3 is 0 Å². The van der Waals surface area contributed by atoms with Crippen molar-refractivity contribution in [2.45, 2.75) is 39.7 Å². The normalized spacial score (nSPS) is 27.1. The Labute approximate surface area is 108 Å². The van der Waals surface area contributed by atoms with Gasteiger partial charge in [0, 0.05) is 18.8 Å². The lowest BCUT2D eigenvalue weighted by atomic mass is 9.62. The van der Waals surface area contributed by atoms with E-state index in [0.717, 1.165) is 18.5 Å². The lowest BCUT2D eigenvalue weighted by molar-refractivity contribution is -0.132. The number of aromatic nitrogens is 2. The predicted molar refractivity (Wildman–Crippen MR) is 71.1 cm³/mol. The van der Waals surface area contributed by atoms with Crippen molar-refractivity contribution in [3.8, 4) is 0 Å². The Balaban J connectivity index is 2.02. The van der Waals surface area contributed by atoms with E-state index in [4.69, 9.17) is 5.73 Å². The van der Waals surface area contributed by atoms with Gasteiger partial charge in [0.2, 0.25) is 5.91 Å². The summed E-state index contributed by atoms with van der Waals surface area (Å²) < 4.78 is 1.83. The summed E-state index contributed by atoms with van der Waals surface area (Å²) in [5.74, 6) is 0.629. The van der Waals surface area contributed by atoms with Gasteiger partial charge in [-0.25, -0.2) is 0 Å². The van der Waals surface area contributed by atoms with Gasteiger partial charge in [0.25, 0.3) is 0 Å². The Bertz CT molecular complexity index is 432. The standard InChI is InChI=1S/C13H22N4O/c1-9(2)17-7-11(6-15-17)16-12(18)13(8-14)4-10(3)5-13/h6-7,9-10H,4-5,8,14H2,1-3H3,(H,16,18). The maximum absolute atomic E-state index is 12.2. The molecular formula is C13H22N4O. The molecule has 1 saturated carbocycles. The number of rotatable bonds is 4. The number of hydrogen-bond donors (Lipinski definition) is 2. The highest BCUT2D eigenvalue weighted by Crippen LogP contribution is 2.45. The molecule has 0 spiro atoms. The number of nitrogens with zero attached hydrogens (tertiary/aromatic N) is 2. The highest BCUT2D eigenvalue weighted by molar-refractivity contribution is 5.96. The summed E-state index contributed by atoms with van der Waals surface area (Å²) in [4.78, 5) is 12.2. The van der Waals surface area contributed by atoms with E-state index < -0.39 is 0 Å². The predicted octanol–water partition coefficient (Wildman–Crippen LogP) is 1.78. The van der Waals surface area contributed by atoms with E-state index in [-0.39, 0.29) is 11.3 Å². The molecule has 0 aromatic carbocycles. The van der Waals surface area contributed by atoms with Gasteiger partial charge in [-0.1, -0.05) is 6.92 Å². The van der Waals surface area contributed by atoms with Crippen LogP contribution in [0, 0.1) is 11.3 Å². The van der Waals surface area contributed by atoms with Crippen molar-refractivity contribution in [2.24, 2.45) is 17.1 Å². The number of nitrogens with two attached hydrogens (primary N) is 1. The second-order valence-corrected chi connectivity index (χ2v) is 5.75. The van der Waals surface area contributed by atoms with E-state index in [2.05, 4.69) is 17.3 Å². The summed E-state index contributed by atoms with van der Waals surface area (Å²) in [6.45, 7) is 6.67. The summed E-state index contributed by atoms with van der Waals surface area (Å²) in [5, 5.41) is 7.14. The molecule has 1 aromatic rings. The lowest BCUT2D eigenvalue weighted by Crippen LogP contribution is -2.51. The molecule has 1 heterocycles. The average molecular weight is 250 g/mol. The maximum atomic E-state index is 12.2. The van der Waals surface area contributed by atoms with Gasteiger partial charge in [-0.3, -0.25) is 9.48 Å². The molecule has 1 aliphatic rings. The summed E-state index contributed by atoms with van der Waals surface area (Å²) in [6, 6.07) is 0.294. The van der Waals surface area contributed by atoms with E-state index >= 15 is 0 Å². The lowest BCUT2D eigenvalue weighted by Gasteiger charge is -2.44. The minimum absolute atomic E-state index is 0.0337. The first-order valence-corrected chi connectivity index (χ1v) is 6.52. The van der Waals surface area contributed by atoms with Crippen LogP contribution in [-0.4, -0.2) is 22.2 Å². The summed E-state index contributed by atoms with van der Waals surface area (Å²) >= 11 is 0. The smallest absolute Gasteiger partial charge is 0.231 e. The molecular weight excluding hydrogens is 228 g/mol. The van der Waals surface area contributed by atoms with E-state index in [1.807, 2.05) is 24.7 Å². The quantitative estimate of drug-likeness (QED) is 0.855. The molecule has 1 aliphatic carbocycles. The van der Waals surface area contributed by atoms with Gasteiger partial charge in [-0.2, -0.15) is 5.10 Å². The van der Waals surface area contributed by atoms with Crippen LogP contribution in [0.4, 0.5) is 5.69 Å². The van der Waals surface area contributed by atoms with Gasteiger partial charge in [-0.05, 0) is 32.6 Å². The Morgan fingerprint density at radius 1 is 1.67 bits per heavy atom. The molecule has 18 heavy (non-hydrogen) atoms. The molecule has 2 rings (SSSR count). The second kappa shape index (κ2) is 4.72. The third kappa shape index (κ3) is 2.27. The third-order valence-corrected chi connectivity index (χ3v) is 3.74. The maximum Gasteiger partial charge on any atom is 0.231 e. The van der Waals surface area contributed by atoms with Crippen molar-refractivity contribution in [3.05, 3.63) is 12.4 Å². The highest BCUT2D eigenvalue weighted by Gasteiger charge is 2.47. The number of nitrogens with one attached hydrogen (secondary N) is 1. The van der Waals surface area contributed by atoms with Gasteiger partial charge in [-0.15, -0.1) is 0 Å². The van der Waals surface area contributed by atoms with Crippen LogP contribution in [0.2, 0.25) is 0 Å². The zero-order valence-electron chi connectivity index (χ0n) is 11.3. The molecule has 5 heteroatoms. The molecule has 0 aliphatic heterocycles. The van der Waals surface area contributed by atoms with Crippen LogP contribution in [-0.2, 0) is 4.79 Å². The van der Waals surface area contributed by atoms with Crippen LogP contribution in [0.15, 0.2) is 12.4 Å². The highest BCUT2D eigenvalue weighted by atomic mass is 16.2. The van der Waals surface area contributed by atoms with E-state index in [1.165, 1.54) is 0 Å². The molecule has 5 nitrogen and oxygen atoms in total. The van der Waals surface area contributed by atoms with Crippen molar-refractivity contribution in [1.29, 1.82) is 0 Å². The van der Waals surface area contributed by atoms with Crippen molar-refractivity contribution in [1.82, 2.24) is 9.78 Å². The van der Waals surface area contributed by atoms with Crippen molar-refractivity contribution < 1.29 is 4.79 Å². The fraction of sp³-hybridized carbons (Fsp3) is 0.692. The zero-order valence-corrected chi connectivity index (χ0v) is 11.3. The fourth-order valence-corrected chi connectivity index (χ4v) is 2.67. The van der Waals surface area contributed by atoms with Crippen LogP contribution in [0.5, 0.6) is 0 Å². The zero-order chi connectivity index (χ0) is 13.3. The summed E-state index contributed by atoms with van der Waals surface area (Å²) in [7, 11) is 0. The Hall–Kier alpha value is -1.36. The second-order valence-electron chi connectivity index (χ2n) is 5.75. The first kappa shape index (κ1) is 13.1.